The summed E-state index contributed by atoms with van der Waals surface area (Å²) in [4.78, 5) is 11.0. The first-order valence-corrected chi connectivity index (χ1v) is 5.52. The number of esters is 1. The van der Waals surface area contributed by atoms with Crippen molar-refractivity contribution in [2.45, 2.75) is 20.3 Å². The smallest absolute Gasteiger partial charge is 0.333 e. The molecule has 1 saturated heterocycles. The summed E-state index contributed by atoms with van der Waals surface area (Å²) in [5.74, 6) is -0.334. The van der Waals surface area contributed by atoms with Crippen LogP contribution in [-0.4, -0.2) is 39.0 Å². The molecule has 0 aromatic carbocycles. The largest absolute Gasteiger partial charge is 0.462 e. The Bertz CT molecular complexity index is 256. The molecule has 0 aliphatic carbocycles. The third-order valence-electron chi connectivity index (χ3n) is 2.37. The fraction of sp³-hybridized carbons (Fsp3) is 0.750. The summed E-state index contributed by atoms with van der Waals surface area (Å²) in [6, 6.07) is 0. The minimum atomic E-state index is -0.334. The summed E-state index contributed by atoms with van der Waals surface area (Å²) in [5, 5.41) is 0. The first-order valence-electron chi connectivity index (χ1n) is 5.52. The lowest BCUT2D eigenvalue weighted by atomic mass is 9.90. The topological polar surface area (TPSA) is 44.8 Å². The zero-order valence-electron chi connectivity index (χ0n) is 10.1. The van der Waals surface area contributed by atoms with Crippen molar-refractivity contribution in [3.05, 3.63) is 12.2 Å². The minimum Gasteiger partial charge on any atom is -0.462 e. The molecule has 0 spiro atoms. The van der Waals surface area contributed by atoms with Gasteiger partial charge in [0.2, 0.25) is 0 Å². The van der Waals surface area contributed by atoms with Crippen LogP contribution < -0.4 is 0 Å². The third-order valence-corrected chi connectivity index (χ3v) is 2.37. The van der Waals surface area contributed by atoms with Gasteiger partial charge >= 0.3 is 5.97 Å². The van der Waals surface area contributed by atoms with E-state index >= 15 is 0 Å². The Labute approximate surface area is 96.6 Å². The van der Waals surface area contributed by atoms with E-state index in [1.54, 1.807) is 6.92 Å². The molecular formula is C12H20O4. The van der Waals surface area contributed by atoms with Gasteiger partial charge in [-0.3, -0.25) is 0 Å². The van der Waals surface area contributed by atoms with Crippen LogP contribution in [0.4, 0.5) is 0 Å². The van der Waals surface area contributed by atoms with Crippen molar-refractivity contribution in [3.8, 4) is 0 Å². The Kier molecular flexibility index (Phi) is 4.96. The molecule has 16 heavy (non-hydrogen) atoms. The van der Waals surface area contributed by atoms with Crippen LogP contribution >= 0.6 is 0 Å². The Morgan fingerprint density at radius 1 is 1.44 bits per heavy atom. The van der Waals surface area contributed by atoms with Crippen LogP contribution in [-0.2, 0) is 19.0 Å². The van der Waals surface area contributed by atoms with Gasteiger partial charge in [0.15, 0.2) is 0 Å². The summed E-state index contributed by atoms with van der Waals surface area (Å²) in [6.45, 7) is 10.5. The van der Waals surface area contributed by atoms with E-state index in [1.807, 2.05) is 0 Å². The molecule has 0 bridgehead atoms. The Morgan fingerprint density at radius 2 is 2.12 bits per heavy atom. The highest BCUT2D eigenvalue weighted by molar-refractivity contribution is 5.86. The van der Waals surface area contributed by atoms with Gasteiger partial charge in [-0.1, -0.05) is 13.5 Å². The van der Waals surface area contributed by atoms with E-state index in [1.165, 1.54) is 0 Å². The molecule has 1 heterocycles. The average Bonchev–Trinajstić information content (AvgIpc) is 2.20. The number of hydrogen-bond donors (Lipinski definition) is 0. The predicted molar refractivity (Wildman–Crippen MR) is 60.1 cm³/mol. The molecule has 0 unspecified atom stereocenters. The highest BCUT2D eigenvalue weighted by Gasteiger charge is 2.33. The number of carbonyl (C=O) groups is 1. The molecule has 0 radical (unpaired) electrons. The van der Waals surface area contributed by atoms with Crippen LogP contribution in [0.3, 0.4) is 0 Å². The lowest BCUT2D eigenvalue weighted by Gasteiger charge is -2.37. The zero-order chi connectivity index (χ0) is 12.0. The van der Waals surface area contributed by atoms with Crippen LogP contribution in [0.1, 0.15) is 20.3 Å². The van der Waals surface area contributed by atoms with E-state index in [0.717, 1.165) is 19.6 Å². The molecule has 4 nitrogen and oxygen atoms in total. The monoisotopic (exact) mass is 228 g/mol. The van der Waals surface area contributed by atoms with E-state index in [9.17, 15) is 4.79 Å². The molecular weight excluding hydrogens is 208 g/mol. The first-order chi connectivity index (χ1) is 7.53. The van der Waals surface area contributed by atoms with E-state index in [0.29, 0.717) is 25.4 Å². The van der Waals surface area contributed by atoms with Crippen molar-refractivity contribution in [2.24, 2.45) is 5.41 Å². The third kappa shape index (κ3) is 4.33. The summed E-state index contributed by atoms with van der Waals surface area (Å²) in [7, 11) is 0. The summed E-state index contributed by atoms with van der Waals surface area (Å²) >= 11 is 0. The maximum atomic E-state index is 11.0. The summed E-state index contributed by atoms with van der Waals surface area (Å²) in [5.41, 5.74) is 0.619. The van der Waals surface area contributed by atoms with Gasteiger partial charge in [0.1, 0.15) is 0 Å². The van der Waals surface area contributed by atoms with Gasteiger partial charge in [-0.15, -0.1) is 0 Å². The lowest BCUT2D eigenvalue weighted by molar-refractivity contribution is -0.143. The van der Waals surface area contributed by atoms with Gasteiger partial charge in [0, 0.05) is 24.0 Å². The van der Waals surface area contributed by atoms with Crippen LogP contribution in [0.5, 0.6) is 0 Å². The van der Waals surface area contributed by atoms with Gasteiger partial charge in [-0.25, -0.2) is 4.79 Å². The fourth-order valence-corrected chi connectivity index (χ4v) is 1.30. The lowest BCUT2D eigenvalue weighted by Crippen LogP contribution is -2.43. The van der Waals surface area contributed by atoms with Crippen molar-refractivity contribution >= 4 is 5.97 Å². The molecule has 0 N–H and O–H groups in total. The van der Waals surface area contributed by atoms with Gasteiger partial charge < -0.3 is 14.2 Å². The fourth-order valence-electron chi connectivity index (χ4n) is 1.30. The first kappa shape index (κ1) is 13.2. The molecule has 1 aliphatic rings. The average molecular weight is 228 g/mol. The summed E-state index contributed by atoms with van der Waals surface area (Å²) < 4.78 is 15.5. The molecule has 0 aromatic heterocycles. The highest BCUT2D eigenvalue weighted by atomic mass is 16.5. The van der Waals surface area contributed by atoms with Crippen molar-refractivity contribution in [1.82, 2.24) is 0 Å². The SMILES string of the molecule is C=C(C)C(=O)OCCCOCC1(C)COC1. The molecule has 92 valence electrons. The molecule has 0 aromatic rings. The van der Waals surface area contributed by atoms with Crippen LogP contribution in [0.2, 0.25) is 0 Å². The molecule has 1 fully saturated rings. The van der Waals surface area contributed by atoms with Gasteiger partial charge in [-0.05, 0) is 6.92 Å². The second kappa shape index (κ2) is 6.01. The van der Waals surface area contributed by atoms with E-state index in [-0.39, 0.29) is 11.4 Å². The van der Waals surface area contributed by atoms with Crippen molar-refractivity contribution in [1.29, 1.82) is 0 Å². The van der Waals surface area contributed by atoms with Crippen LogP contribution in [0.25, 0.3) is 0 Å². The normalized spacial score (nSPS) is 17.6. The maximum Gasteiger partial charge on any atom is 0.333 e. The Hall–Kier alpha value is -0.870. The van der Waals surface area contributed by atoms with E-state index < -0.39 is 0 Å². The number of rotatable bonds is 7. The van der Waals surface area contributed by atoms with E-state index in [4.69, 9.17) is 14.2 Å². The summed E-state index contributed by atoms with van der Waals surface area (Å²) in [6.07, 6.45) is 0.718. The maximum absolute atomic E-state index is 11.0. The zero-order valence-corrected chi connectivity index (χ0v) is 10.1. The Morgan fingerprint density at radius 3 is 2.62 bits per heavy atom. The van der Waals surface area contributed by atoms with Crippen LogP contribution in [0, 0.1) is 5.41 Å². The second-order valence-electron chi connectivity index (χ2n) is 4.63. The minimum absolute atomic E-state index is 0.189. The molecule has 0 saturated carbocycles. The van der Waals surface area contributed by atoms with Gasteiger partial charge in [-0.2, -0.15) is 0 Å². The van der Waals surface area contributed by atoms with Crippen molar-refractivity contribution < 1.29 is 19.0 Å². The highest BCUT2D eigenvalue weighted by Crippen LogP contribution is 2.26. The molecule has 0 atom stereocenters. The number of ether oxygens (including phenoxy) is 3. The predicted octanol–water partition coefficient (Wildman–Crippen LogP) is 1.55. The van der Waals surface area contributed by atoms with Crippen molar-refractivity contribution in [2.75, 3.05) is 33.0 Å². The van der Waals surface area contributed by atoms with Crippen molar-refractivity contribution in [3.63, 3.8) is 0 Å². The van der Waals surface area contributed by atoms with E-state index in [2.05, 4.69) is 13.5 Å². The van der Waals surface area contributed by atoms with Crippen LogP contribution in [0.15, 0.2) is 12.2 Å². The molecule has 0 amide bonds. The molecule has 1 aliphatic heterocycles. The van der Waals surface area contributed by atoms with Gasteiger partial charge in [0.25, 0.3) is 0 Å². The quantitative estimate of drug-likeness (QED) is 0.377. The number of hydrogen-bond acceptors (Lipinski definition) is 4. The molecule has 4 heteroatoms. The standard InChI is InChI=1S/C12H20O4/c1-10(2)11(13)16-6-4-5-14-7-12(3)8-15-9-12/h1,4-9H2,2-3H3. The second-order valence-corrected chi connectivity index (χ2v) is 4.63. The molecule has 1 rings (SSSR count). The van der Waals surface area contributed by atoms with Gasteiger partial charge in [0.05, 0.1) is 26.4 Å². The Balaban J connectivity index is 1.92. The number of carbonyl (C=O) groups excluding carboxylic acids is 1.